The van der Waals surface area contributed by atoms with Crippen LogP contribution >= 0.6 is 0 Å². The Bertz CT molecular complexity index is 701. The molecule has 3 heteroatoms. The molecule has 1 aromatic carbocycles. The molecule has 0 bridgehead atoms. The van der Waals surface area contributed by atoms with Gasteiger partial charge in [0.2, 0.25) is 0 Å². The van der Waals surface area contributed by atoms with Gasteiger partial charge in [-0.2, -0.15) is 0 Å². The van der Waals surface area contributed by atoms with Gasteiger partial charge in [0.15, 0.2) is 0 Å². The second-order valence-corrected chi connectivity index (χ2v) is 11.0. The second-order valence-electron chi connectivity index (χ2n) is 11.0. The summed E-state index contributed by atoms with van der Waals surface area (Å²) in [5, 5.41) is 31.6. The highest BCUT2D eigenvalue weighted by molar-refractivity contribution is 5.69. The van der Waals surface area contributed by atoms with Crippen LogP contribution in [0.1, 0.15) is 115 Å². The summed E-state index contributed by atoms with van der Waals surface area (Å²) in [6.45, 7) is 16.5. The summed E-state index contributed by atoms with van der Waals surface area (Å²) in [6, 6.07) is 0. The van der Waals surface area contributed by atoms with Crippen molar-refractivity contribution in [2.24, 2.45) is 17.8 Å². The molecule has 32 heavy (non-hydrogen) atoms. The molecule has 0 fully saturated rings. The monoisotopic (exact) mass is 446 g/mol. The predicted octanol–water partition coefficient (Wildman–Crippen LogP) is 8.23. The normalized spacial score (nSPS) is 15.9. The number of hydrogen-bond acceptors (Lipinski definition) is 3. The first-order valence-corrected chi connectivity index (χ1v) is 12.8. The van der Waals surface area contributed by atoms with Gasteiger partial charge >= 0.3 is 0 Å². The minimum Gasteiger partial charge on any atom is -0.507 e. The molecular weight excluding hydrogens is 396 g/mol. The molecule has 0 heterocycles. The molecule has 3 atom stereocenters. The van der Waals surface area contributed by atoms with Crippen LogP contribution in [0.4, 0.5) is 0 Å². The van der Waals surface area contributed by atoms with Crippen LogP contribution in [-0.2, 0) is 0 Å². The summed E-state index contributed by atoms with van der Waals surface area (Å²) >= 11 is 0. The van der Waals surface area contributed by atoms with Crippen LogP contribution in [0.15, 0.2) is 6.08 Å². The number of phenolic OH excluding ortho intramolecular Hbond substituents is 2. The Morgan fingerprint density at radius 2 is 1.19 bits per heavy atom. The molecule has 0 aliphatic heterocycles. The van der Waals surface area contributed by atoms with E-state index in [1.807, 2.05) is 6.92 Å². The second kappa shape index (κ2) is 13.3. The van der Waals surface area contributed by atoms with Crippen molar-refractivity contribution < 1.29 is 15.3 Å². The van der Waals surface area contributed by atoms with Gasteiger partial charge in [0.25, 0.3) is 0 Å². The lowest BCUT2D eigenvalue weighted by molar-refractivity contribution is 0.0979. The van der Waals surface area contributed by atoms with E-state index in [0.717, 1.165) is 24.7 Å². The van der Waals surface area contributed by atoms with Crippen LogP contribution in [0.5, 0.6) is 11.5 Å². The summed E-state index contributed by atoms with van der Waals surface area (Å²) < 4.78 is 0. The number of benzene rings is 1. The third-order valence-corrected chi connectivity index (χ3v) is 7.15. The lowest BCUT2D eigenvalue weighted by Crippen LogP contribution is -2.20. The zero-order valence-corrected chi connectivity index (χ0v) is 22.1. The Labute approximate surface area is 198 Å². The molecule has 1 rings (SSSR count). The molecule has 0 saturated heterocycles. The van der Waals surface area contributed by atoms with E-state index in [9.17, 15) is 15.3 Å². The van der Waals surface area contributed by atoms with Gasteiger partial charge in [0, 0.05) is 11.1 Å². The Morgan fingerprint density at radius 3 is 1.72 bits per heavy atom. The van der Waals surface area contributed by atoms with Crippen molar-refractivity contribution in [3.63, 3.8) is 0 Å². The summed E-state index contributed by atoms with van der Waals surface area (Å²) in [5.41, 5.74) is 1.67. The summed E-state index contributed by atoms with van der Waals surface area (Å²) in [7, 11) is 0. The zero-order chi connectivity index (χ0) is 24.5. The number of hydrogen-bond donors (Lipinski definition) is 3. The van der Waals surface area contributed by atoms with E-state index in [1.165, 1.54) is 38.5 Å². The lowest BCUT2D eigenvalue weighted by atomic mass is 9.89. The molecule has 0 aliphatic carbocycles. The largest absolute Gasteiger partial charge is 0.507 e. The number of rotatable bonds is 14. The average Bonchev–Trinajstić information content (AvgIpc) is 2.70. The van der Waals surface area contributed by atoms with Gasteiger partial charge in [0.1, 0.15) is 11.5 Å². The maximum Gasteiger partial charge on any atom is 0.126 e. The maximum atomic E-state index is 10.8. The first kappa shape index (κ1) is 28.6. The van der Waals surface area contributed by atoms with Crippen molar-refractivity contribution in [3.8, 4) is 11.5 Å². The van der Waals surface area contributed by atoms with Gasteiger partial charge in [-0.1, -0.05) is 91.2 Å². The van der Waals surface area contributed by atoms with Crippen LogP contribution in [0.2, 0.25) is 0 Å². The Morgan fingerprint density at radius 1 is 0.719 bits per heavy atom. The molecule has 0 amide bonds. The van der Waals surface area contributed by atoms with Crippen molar-refractivity contribution in [2.45, 2.75) is 119 Å². The topological polar surface area (TPSA) is 60.7 Å². The predicted molar refractivity (Wildman–Crippen MR) is 138 cm³/mol. The van der Waals surface area contributed by atoms with Gasteiger partial charge in [-0.25, -0.2) is 0 Å². The van der Waals surface area contributed by atoms with Gasteiger partial charge in [-0.3, -0.25) is 0 Å². The van der Waals surface area contributed by atoms with Gasteiger partial charge in [-0.15, -0.1) is 0 Å². The fourth-order valence-corrected chi connectivity index (χ4v) is 4.48. The SMILES string of the molecule is Cc1c(C)c(O)c(C=C[C@](C)(O)CCC[C@@H](C)CCC[C@H](C)CCCC(C)C)c(C)c1O. The minimum absolute atomic E-state index is 0.178. The molecule has 0 saturated carbocycles. The van der Waals surface area contributed by atoms with E-state index < -0.39 is 5.60 Å². The zero-order valence-electron chi connectivity index (χ0n) is 22.1. The van der Waals surface area contributed by atoms with Crippen LogP contribution in [0.25, 0.3) is 6.08 Å². The molecule has 0 aliphatic rings. The Hall–Kier alpha value is -1.48. The molecule has 0 spiro atoms. The van der Waals surface area contributed by atoms with Gasteiger partial charge in [0.05, 0.1) is 5.60 Å². The van der Waals surface area contributed by atoms with Crippen molar-refractivity contribution in [3.05, 3.63) is 28.3 Å². The fraction of sp³-hybridized carbons (Fsp3) is 0.724. The lowest BCUT2D eigenvalue weighted by Gasteiger charge is -2.21. The van der Waals surface area contributed by atoms with Crippen LogP contribution < -0.4 is 0 Å². The highest BCUT2D eigenvalue weighted by atomic mass is 16.3. The summed E-state index contributed by atoms with van der Waals surface area (Å²) in [5.74, 6) is 2.72. The van der Waals surface area contributed by atoms with Gasteiger partial charge in [-0.05, 0) is 63.0 Å². The highest BCUT2D eigenvalue weighted by Crippen LogP contribution is 2.37. The number of aromatic hydroxyl groups is 2. The quantitative estimate of drug-likeness (QED) is 0.252. The molecule has 3 N–H and O–H groups in total. The third-order valence-electron chi connectivity index (χ3n) is 7.15. The van der Waals surface area contributed by atoms with E-state index >= 15 is 0 Å². The van der Waals surface area contributed by atoms with Crippen molar-refractivity contribution in [2.75, 3.05) is 0 Å². The smallest absolute Gasteiger partial charge is 0.126 e. The van der Waals surface area contributed by atoms with Crippen molar-refractivity contribution in [1.82, 2.24) is 0 Å². The number of aliphatic hydroxyl groups is 1. The maximum absolute atomic E-state index is 10.8. The van der Waals surface area contributed by atoms with Crippen LogP contribution in [0, 0.1) is 38.5 Å². The van der Waals surface area contributed by atoms with Crippen molar-refractivity contribution >= 4 is 6.08 Å². The average molecular weight is 447 g/mol. The molecule has 0 radical (unpaired) electrons. The molecular formula is C29H50O3. The first-order chi connectivity index (χ1) is 14.9. The molecule has 184 valence electrons. The fourth-order valence-electron chi connectivity index (χ4n) is 4.48. The van der Waals surface area contributed by atoms with Gasteiger partial charge < -0.3 is 15.3 Å². The summed E-state index contributed by atoms with van der Waals surface area (Å²) in [4.78, 5) is 0. The molecule has 3 nitrogen and oxygen atoms in total. The van der Waals surface area contributed by atoms with Crippen LogP contribution in [0.3, 0.4) is 0 Å². The molecule has 0 unspecified atom stereocenters. The van der Waals surface area contributed by atoms with E-state index in [-0.39, 0.29) is 11.5 Å². The minimum atomic E-state index is -0.933. The standard InChI is InChI=1S/C29H50O3/c1-20(2)12-9-13-21(3)14-10-15-22(4)16-11-18-29(8,32)19-17-26-25(7)27(30)23(5)24(6)28(26)31/h17,19-22,30-32H,9-16,18H2,1-8H3/t21-,22+,29-/m1/s1. The van der Waals surface area contributed by atoms with E-state index in [2.05, 4.69) is 27.7 Å². The summed E-state index contributed by atoms with van der Waals surface area (Å²) in [6.07, 6.45) is 14.3. The third kappa shape index (κ3) is 9.57. The molecule has 0 aromatic heterocycles. The van der Waals surface area contributed by atoms with E-state index in [0.29, 0.717) is 34.6 Å². The number of phenols is 2. The highest BCUT2D eigenvalue weighted by Gasteiger charge is 2.19. The Kier molecular flexibility index (Phi) is 11.9. The van der Waals surface area contributed by atoms with Crippen molar-refractivity contribution in [1.29, 1.82) is 0 Å². The van der Waals surface area contributed by atoms with E-state index in [4.69, 9.17) is 0 Å². The Balaban J connectivity index is 2.44. The molecule has 1 aromatic rings. The van der Waals surface area contributed by atoms with E-state index in [1.54, 1.807) is 32.9 Å². The first-order valence-electron chi connectivity index (χ1n) is 12.8. The van der Waals surface area contributed by atoms with Crippen LogP contribution in [-0.4, -0.2) is 20.9 Å².